The number of para-hydroxylation sites is 2. The zero-order chi connectivity index (χ0) is 14.8. The molecule has 0 aliphatic heterocycles. The van der Waals surface area contributed by atoms with Crippen molar-refractivity contribution in [2.75, 3.05) is 25.0 Å². The lowest BCUT2D eigenvalue weighted by molar-refractivity contribution is -0.384. The largest absolute Gasteiger partial charge is 0.379 e. The average molecular weight is 317 g/mol. The van der Waals surface area contributed by atoms with Gasteiger partial charge in [0.15, 0.2) is 0 Å². The van der Waals surface area contributed by atoms with Crippen LogP contribution in [0.4, 0.5) is 11.4 Å². The fourth-order valence-electron chi connectivity index (χ4n) is 1.68. The highest BCUT2D eigenvalue weighted by molar-refractivity contribution is 5.85. The highest BCUT2D eigenvalue weighted by Crippen LogP contribution is 2.22. The Hall–Kier alpha value is -1.86. The predicted molar refractivity (Wildman–Crippen MR) is 84.7 cm³/mol. The van der Waals surface area contributed by atoms with Gasteiger partial charge in [0, 0.05) is 25.6 Å². The summed E-state index contributed by atoms with van der Waals surface area (Å²) in [6, 6.07) is 6.36. The van der Waals surface area contributed by atoms with Crippen molar-refractivity contribution in [2.24, 2.45) is 5.73 Å². The Balaban J connectivity index is 0.00000400. The third-order valence-electron chi connectivity index (χ3n) is 2.72. The molecule has 0 bridgehead atoms. The van der Waals surface area contributed by atoms with Crippen molar-refractivity contribution in [1.29, 1.82) is 0 Å². The van der Waals surface area contributed by atoms with E-state index < -0.39 is 4.92 Å². The fraction of sp³-hybridized carbons (Fsp3) is 0.462. The van der Waals surface area contributed by atoms with E-state index in [1.807, 2.05) is 0 Å². The van der Waals surface area contributed by atoms with Gasteiger partial charge in [-0.05, 0) is 25.5 Å². The quantitative estimate of drug-likeness (QED) is 0.364. The van der Waals surface area contributed by atoms with Gasteiger partial charge in [0.2, 0.25) is 5.91 Å². The first-order valence-corrected chi connectivity index (χ1v) is 6.59. The van der Waals surface area contributed by atoms with Crippen molar-refractivity contribution < 1.29 is 9.72 Å². The van der Waals surface area contributed by atoms with Gasteiger partial charge in [-0.25, -0.2) is 0 Å². The number of amides is 1. The molecular weight excluding hydrogens is 296 g/mol. The lowest BCUT2D eigenvalue weighted by atomic mass is 10.2. The fourth-order valence-corrected chi connectivity index (χ4v) is 1.68. The molecule has 7 nitrogen and oxygen atoms in total. The number of anilines is 1. The Labute approximate surface area is 129 Å². The topological polar surface area (TPSA) is 110 Å². The second-order valence-electron chi connectivity index (χ2n) is 4.30. The molecule has 0 aliphatic carbocycles. The van der Waals surface area contributed by atoms with Crippen LogP contribution in [0.15, 0.2) is 24.3 Å². The summed E-state index contributed by atoms with van der Waals surface area (Å²) < 4.78 is 0. The van der Waals surface area contributed by atoms with Crippen LogP contribution in [-0.2, 0) is 4.79 Å². The molecule has 0 aromatic heterocycles. The molecule has 1 aromatic rings. The van der Waals surface area contributed by atoms with Gasteiger partial charge in [-0.2, -0.15) is 0 Å². The Morgan fingerprint density at radius 2 is 1.95 bits per heavy atom. The Morgan fingerprint density at radius 3 is 2.62 bits per heavy atom. The Kier molecular flexibility index (Phi) is 9.91. The van der Waals surface area contributed by atoms with Crippen LogP contribution in [0.3, 0.4) is 0 Å². The Bertz CT molecular complexity index is 457. The third-order valence-corrected chi connectivity index (χ3v) is 2.72. The lowest BCUT2D eigenvalue weighted by Gasteiger charge is -2.07. The van der Waals surface area contributed by atoms with Gasteiger partial charge in [0.25, 0.3) is 5.69 Å². The molecule has 1 amide bonds. The first-order chi connectivity index (χ1) is 9.65. The summed E-state index contributed by atoms with van der Waals surface area (Å²) in [6.07, 6.45) is 2.02. The minimum absolute atomic E-state index is 0. The van der Waals surface area contributed by atoms with E-state index in [2.05, 4.69) is 10.6 Å². The van der Waals surface area contributed by atoms with E-state index in [0.29, 0.717) is 25.3 Å². The molecule has 0 radical (unpaired) electrons. The Morgan fingerprint density at radius 1 is 1.24 bits per heavy atom. The summed E-state index contributed by atoms with van der Waals surface area (Å²) in [5.74, 6) is -0.0758. The molecular formula is C13H21ClN4O3. The summed E-state index contributed by atoms with van der Waals surface area (Å²) in [6.45, 7) is 1.59. The number of nitro groups is 1. The van der Waals surface area contributed by atoms with Gasteiger partial charge in [-0.15, -0.1) is 12.4 Å². The van der Waals surface area contributed by atoms with Crippen molar-refractivity contribution >= 4 is 29.7 Å². The number of carbonyl (C=O) groups is 1. The van der Waals surface area contributed by atoms with Crippen LogP contribution in [0.2, 0.25) is 0 Å². The lowest BCUT2D eigenvalue weighted by Crippen LogP contribution is -2.26. The molecule has 0 fully saturated rings. The number of rotatable bonds is 9. The highest BCUT2D eigenvalue weighted by atomic mass is 35.5. The highest BCUT2D eigenvalue weighted by Gasteiger charge is 2.11. The first-order valence-electron chi connectivity index (χ1n) is 6.59. The van der Waals surface area contributed by atoms with Crippen LogP contribution in [0.5, 0.6) is 0 Å². The molecule has 0 heterocycles. The molecule has 1 rings (SSSR count). The second-order valence-corrected chi connectivity index (χ2v) is 4.30. The number of halogens is 1. The van der Waals surface area contributed by atoms with E-state index in [0.717, 1.165) is 12.8 Å². The van der Waals surface area contributed by atoms with Crippen molar-refractivity contribution in [3.8, 4) is 0 Å². The first kappa shape index (κ1) is 19.1. The number of unbranched alkanes of at least 4 members (excludes halogenated alkanes) is 1. The maximum absolute atomic E-state index is 11.5. The number of nitrogens with zero attached hydrogens (tertiary/aromatic N) is 1. The van der Waals surface area contributed by atoms with E-state index in [9.17, 15) is 14.9 Å². The maximum atomic E-state index is 11.5. The number of nitro benzene ring substituents is 1. The van der Waals surface area contributed by atoms with Crippen molar-refractivity contribution in [2.45, 2.75) is 19.3 Å². The molecule has 0 saturated carbocycles. The summed E-state index contributed by atoms with van der Waals surface area (Å²) in [4.78, 5) is 21.8. The standard InChI is InChI=1S/C13H20N4O3.ClH/c14-8-3-4-9-16-13(18)7-10-15-11-5-1-2-6-12(11)17(19)20;/h1-2,5-6,15H,3-4,7-10,14H2,(H,16,18);1H. The van der Waals surface area contributed by atoms with Gasteiger partial charge in [-0.1, -0.05) is 12.1 Å². The molecule has 0 saturated heterocycles. The summed E-state index contributed by atoms with van der Waals surface area (Å²) in [5, 5.41) is 16.5. The normalized spacial score (nSPS) is 9.57. The van der Waals surface area contributed by atoms with Crippen molar-refractivity contribution in [3.05, 3.63) is 34.4 Å². The number of hydrogen-bond acceptors (Lipinski definition) is 5. The average Bonchev–Trinajstić information content (AvgIpc) is 2.44. The van der Waals surface area contributed by atoms with Gasteiger partial charge in [0.1, 0.15) is 5.69 Å². The molecule has 8 heteroatoms. The van der Waals surface area contributed by atoms with E-state index >= 15 is 0 Å². The number of hydrogen-bond donors (Lipinski definition) is 3. The molecule has 1 aromatic carbocycles. The zero-order valence-electron chi connectivity index (χ0n) is 11.7. The van der Waals surface area contributed by atoms with E-state index in [1.165, 1.54) is 6.07 Å². The zero-order valence-corrected chi connectivity index (χ0v) is 12.5. The van der Waals surface area contributed by atoms with Gasteiger partial charge in [0.05, 0.1) is 4.92 Å². The molecule has 0 spiro atoms. The number of benzene rings is 1. The molecule has 118 valence electrons. The minimum Gasteiger partial charge on any atom is -0.379 e. The van der Waals surface area contributed by atoms with Crippen molar-refractivity contribution in [1.82, 2.24) is 5.32 Å². The smallest absolute Gasteiger partial charge is 0.292 e. The SMILES string of the molecule is Cl.NCCCCNC(=O)CCNc1ccccc1[N+](=O)[O-]. The minimum atomic E-state index is -0.449. The molecule has 4 N–H and O–H groups in total. The van der Waals surface area contributed by atoms with Crippen molar-refractivity contribution in [3.63, 3.8) is 0 Å². The van der Waals surface area contributed by atoms with Crippen LogP contribution < -0.4 is 16.4 Å². The van der Waals surface area contributed by atoms with E-state index in [4.69, 9.17) is 5.73 Å². The second kappa shape index (κ2) is 10.9. The van der Waals surface area contributed by atoms with Crippen LogP contribution in [0.25, 0.3) is 0 Å². The van der Waals surface area contributed by atoms with Crippen LogP contribution in [-0.4, -0.2) is 30.5 Å². The van der Waals surface area contributed by atoms with Crippen LogP contribution >= 0.6 is 12.4 Å². The van der Waals surface area contributed by atoms with Gasteiger partial charge >= 0.3 is 0 Å². The van der Waals surface area contributed by atoms with Gasteiger partial charge < -0.3 is 16.4 Å². The number of carbonyl (C=O) groups excluding carboxylic acids is 1. The molecule has 21 heavy (non-hydrogen) atoms. The third kappa shape index (κ3) is 7.48. The summed E-state index contributed by atoms with van der Waals surface area (Å²) in [5.41, 5.74) is 5.79. The number of nitrogens with one attached hydrogen (secondary N) is 2. The molecule has 0 aliphatic rings. The summed E-state index contributed by atoms with van der Waals surface area (Å²) >= 11 is 0. The molecule has 0 atom stereocenters. The van der Waals surface area contributed by atoms with Crippen LogP contribution in [0.1, 0.15) is 19.3 Å². The summed E-state index contributed by atoms with van der Waals surface area (Å²) in [7, 11) is 0. The maximum Gasteiger partial charge on any atom is 0.292 e. The van der Waals surface area contributed by atoms with E-state index in [1.54, 1.807) is 18.2 Å². The monoisotopic (exact) mass is 316 g/mol. The van der Waals surface area contributed by atoms with E-state index in [-0.39, 0.29) is 30.4 Å². The predicted octanol–water partition coefficient (Wildman–Crippen LogP) is 1.67. The van der Waals surface area contributed by atoms with Gasteiger partial charge in [-0.3, -0.25) is 14.9 Å². The molecule has 0 unspecified atom stereocenters. The number of nitrogens with two attached hydrogens (primary N) is 1. The van der Waals surface area contributed by atoms with Crippen LogP contribution in [0, 0.1) is 10.1 Å².